The van der Waals surface area contributed by atoms with Gasteiger partial charge in [0.25, 0.3) is 0 Å². The van der Waals surface area contributed by atoms with E-state index in [1.165, 1.54) is 46.4 Å². The number of allylic oxidation sites excluding steroid dienone is 1. The third-order valence-electron chi connectivity index (χ3n) is 16.3. The van der Waals surface area contributed by atoms with E-state index in [0.29, 0.717) is 36.1 Å². The standard InChI is InChI=1S/C36H49NO16S.C34H45NO15/c1-19(38)37-28-31(53-36-33(49-23(5)42)32(48-22(4)41)30(47-21(3)40)26(51-36)17-45-20(2)39)29-27(18-46-34(52-29)25-13-9-7-10-14-25)50-35(28)44-15-11-8-12-16-54-24(6)43;1-7-8-12-15-41-33-26(35-18(2)36)29(27-25(47-33)17-43-32(49-27)23-13-10-9-11-14-23)50-34-31(46-22(6)40)30(45-21(5)39)28(44-20(4)38)24(48-34)16-42-19(3)37/h7,9-10,13-14,26-36H,8,11-12,15-18H2,1-6H3,(H,37,38);7,9-11,13-14,24-34H,1,8,12,15-17H2,2-6H3,(H,35,36)/t26?,27?,28?,29-,30-,31+,32-,33?,34?,35-,36-;24?,25?,26?,27-,28-,29+,30-,31?,32?,33-,34-/m00/s1. The molecule has 0 bridgehead atoms. The molecule has 22 atom stereocenters. The van der Waals surface area contributed by atoms with Crippen molar-refractivity contribution in [2.75, 3.05) is 45.4 Å². The molecular weight excluding hydrogens is 1400 g/mol. The molecule has 6 aliphatic rings. The first-order valence-electron chi connectivity index (χ1n) is 34.0. The molecule has 0 aromatic heterocycles. The largest absolute Gasteiger partial charge is 0.463 e. The zero-order valence-corrected chi connectivity index (χ0v) is 60.6. The van der Waals surface area contributed by atoms with Gasteiger partial charge in [-0.25, -0.2) is 0 Å². The molecule has 0 spiro atoms. The first-order valence-corrected chi connectivity index (χ1v) is 35.0. The summed E-state index contributed by atoms with van der Waals surface area (Å²) >= 11 is 1.25. The highest BCUT2D eigenvalue weighted by atomic mass is 32.2. The monoisotopic (exact) mass is 1490 g/mol. The fourth-order valence-electron chi connectivity index (χ4n) is 12.2. The summed E-state index contributed by atoms with van der Waals surface area (Å²) in [5.74, 6) is -6.37. The van der Waals surface area contributed by atoms with E-state index in [-0.39, 0.29) is 31.5 Å². The third kappa shape index (κ3) is 25.3. The number of rotatable bonds is 30. The molecule has 2 amide bonds. The lowest BCUT2D eigenvalue weighted by molar-refractivity contribution is -0.378. The minimum Gasteiger partial charge on any atom is -0.463 e. The lowest BCUT2D eigenvalue weighted by Crippen LogP contribution is -2.70. The molecule has 0 saturated carbocycles. The first-order chi connectivity index (χ1) is 49.6. The molecule has 2 aromatic carbocycles. The van der Waals surface area contributed by atoms with Gasteiger partial charge < -0.3 is 105 Å². The second-order valence-electron chi connectivity index (χ2n) is 24.8. The molecule has 6 heterocycles. The van der Waals surface area contributed by atoms with Crippen molar-refractivity contribution in [2.45, 2.75) is 244 Å². The van der Waals surface area contributed by atoms with Gasteiger partial charge in [-0.05, 0) is 25.7 Å². The van der Waals surface area contributed by atoms with Crippen LogP contribution in [0.3, 0.4) is 0 Å². The number of unbranched alkanes of at least 4 members (excludes halogenated alkanes) is 3. The lowest BCUT2D eigenvalue weighted by Gasteiger charge is -2.51. The second-order valence-corrected chi connectivity index (χ2v) is 26.1. The topological polar surface area (TPSA) is 396 Å². The van der Waals surface area contributed by atoms with Gasteiger partial charge in [-0.15, -0.1) is 6.58 Å². The Hall–Kier alpha value is -7.58. The molecule has 0 aliphatic carbocycles. The van der Waals surface area contributed by atoms with Crippen molar-refractivity contribution in [1.29, 1.82) is 0 Å². The fraction of sp³-hybridized carbons (Fsp3) is 0.643. The van der Waals surface area contributed by atoms with Crippen LogP contribution in [-0.4, -0.2) is 233 Å². The number of nitrogens with one attached hydrogen (secondary N) is 2. The van der Waals surface area contributed by atoms with E-state index in [0.717, 1.165) is 54.4 Å². The smallest absolute Gasteiger partial charge is 0.303 e. The van der Waals surface area contributed by atoms with Crippen molar-refractivity contribution in [1.82, 2.24) is 10.6 Å². The first kappa shape index (κ1) is 83.7. The Morgan fingerprint density at radius 2 is 0.808 bits per heavy atom. The van der Waals surface area contributed by atoms with Crippen LogP contribution in [0.15, 0.2) is 73.3 Å². The quantitative estimate of drug-likeness (QED) is 0.0482. The highest BCUT2D eigenvalue weighted by Gasteiger charge is 2.60. The number of thioether (sulfide) groups is 1. The Kier molecular flexibility index (Phi) is 33.3. The Bertz CT molecular complexity index is 3200. The molecule has 576 valence electrons. The zero-order valence-electron chi connectivity index (χ0n) is 59.8. The molecule has 2 aromatic rings. The van der Waals surface area contributed by atoms with Gasteiger partial charge in [0.05, 0.1) is 19.8 Å². The minimum atomic E-state index is -1.59. The fourth-order valence-corrected chi connectivity index (χ4v) is 12.9. The average Bonchev–Trinajstić information content (AvgIpc) is 0.764. The highest BCUT2D eigenvalue weighted by molar-refractivity contribution is 8.13. The number of fused-ring (bicyclic) bond motifs is 2. The summed E-state index contributed by atoms with van der Waals surface area (Å²) < 4.78 is 120. The molecule has 34 heteroatoms. The summed E-state index contributed by atoms with van der Waals surface area (Å²) in [4.78, 5) is 135. The van der Waals surface area contributed by atoms with Crippen LogP contribution in [0.1, 0.15) is 132 Å². The van der Waals surface area contributed by atoms with E-state index in [1.807, 2.05) is 60.7 Å². The van der Waals surface area contributed by atoms with Crippen LogP contribution in [0.4, 0.5) is 0 Å². The number of hydrogen-bond donors (Lipinski definition) is 2. The molecule has 0 radical (unpaired) electrons. The number of hydrogen-bond acceptors (Lipinski definition) is 32. The predicted molar refractivity (Wildman–Crippen MR) is 355 cm³/mol. The number of esters is 8. The Balaban J connectivity index is 0.000000292. The van der Waals surface area contributed by atoms with Crippen molar-refractivity contribution in [2.24, 2.45) is 0 Å². The van der Waals surface area contributed by atoms with E-state index in [9.17, 15) is 52.7 Å². The van der Waals surface area contributed by atoms with Crippen LogP contribution in [0.2, 0.25) is 0 Å². The van der Waals surface area contributed by atoms with Gasteiger partial charge in [-0.3, -0.25) is 52.7 Å². The molecule has 2 N–H and O–H groups in total. The molecule has 10 unspecified atom stereocenters. The van der Waals surface area contributed by atoms with Crippen LogP contribution in [0.25, 0.3) is 0 Å². The summed E-state index contributed by atoms with van der Waals surface area (Å²) in [5, 5.41) is 5.74. The number of carbonyl (C=O) groups is 11. The van der Waals surface area contributed by atoms with E-state index >= 15 is 0 Å². The van der Waals surface area contributed by atoms with Gasteiger partial charge in [0, 0.05) is 99.6 Å². The van der Waals surface area contributed by atoms with Crippen molar-refractivity contribution in [3.05, 3.63) is 84.4 Å². The molecule has 6 saturated heterocycles. The molecular formula is C70H94N2O31S. The number of ether oxygens (including phenoxy) is 20. The van der Waals surface area contributed by atoms with Gasteiger partial charge in [-0.2, -0.15) is 0 Å². The lowest BCUT2D eigenvalue weighted by atomic mass is 9.94. The van der Waals surface area contributed by atoms with Crippen molar-refractivity contribution in [3.8, 4) is 0 Å². The zero-order chi connectivity index (χ0) is 75.7. The van der Waals surface area contributed by atoms with Gasteiger partial charge in [0.15, 0.2) is 79.5 Å². The number of benzene rings is 2. The van der Waals surface area contributed by atoms with E-state index in [2.05, 4.69) is 17.2 Å². The maximum absolute atomic E-state index is 12.7. The minimum absolute atomic E-state index is 0.0254. The maximum Gasteiger partial charge on any atom is 0.303 e. The molecule has 104 heavy (non-hydrogen) atoms. The Morgan fingerprint density at radius 1 is 0.433 bits per heavy atom. The molecule has 6 aliphatic heterocycles. The van der Waals surface area contributed by atoms with E-state index in [4.69, 9.17) is 94.7 Å². The Morgan fingerprint density at radius 3 is 1.16 bits per heavy atom. The summed E-state index contributed by atoms with van der Waals surface area (Å²) in [6.45, 7) is 16.5. The van der Waals surface area contributed by atoms with Crippen molar-refractivity contribution >= 4 is 76.4 Å². The maximum atomic E-state index is 12.7. The van der Waals surface area contributed by atoms with Crippen LogP contribution in [0, 0.1) is 0 Å². The SMILES string of the molecule is C=CCCCO[C@H]1OC2COC(c3ccccc3)O[C@@H]2[C@H](O[C@@H]2OC(COC(C)=O)[C@H](OC(C)=O)[C@H](OC(C)=O)C2OC(C)=O)C1NC(C)=O.CC(=O)NC1[C@@H](OCCCCCSC(C)=O)OC2COC(c3ccccc3)O[C@@H]2[C@@H]1O[C@@H]1OC(COC(C)=O)[C@H](OC(C)=O)[C@H](OC(C)=O)C1OC(C)=O. The average molecular weight is 1490 g/mol. The number of amides is 2. The van der Waals surface area contributed by atoms with Gasteiger partial charge in [-0.1, -0.05) is 84.9 Å². The third-order valence-corrected chi connectivity index (χ3v) is 17.2. The van der Waals surface area contributed by atoms with Gasteiger partial charge in [0.1, 0.15) is 74.1 Å². The summed E-state index contributed by atoms with van der Waals surface area (Å²) in [7, 11) is 0. The summed E-state index contributed by atoms with van der Waals surface area (Å²) in [6, 6.07) is 16.2. The predicted octanol–water partition coefficient (Wildman–Crippen LogP) is 4.05. The van der Waals surface area contributed by atoms with Crippen molar-refractivity contribution < 1.29 is 147 Å². The van der Waals surface area contributed by atoms with E-state index in [1.54, 1.807) is 6.08 Å². The van der Waals surface area contributed by atoms with Crippen molar-refractivity contribution in [3.63, 3.8) is 0 Å². The molecule has 33 nitrogen and oxygen atoms in total. The van der Waals surface area contributed by atoms with Gasteiger partial charge in [0.2, 0.25) is 11.8 Å². The second kappa shape index (κ2) is 41.4. The number of carbonyl (C=O) groups excluding carboxylic acids is 11. The molecule has 8 rings (SSSR count). The van der Waals surface area contributed by atoms with Gasteiger partial charge >= 0.3 is 47.8 Å². The summed E-state index contributed by atoms with van der Waals surface area (Å²) in [6.07, 6.45) is -19.0. The highest BCUT2D eigenvalue weighted by Crippen LogP contribution is 2.42. The van der Waals surface area contributed by atoms with Crippen LogP contribution in [0.5, 0.6) is 0 Å². The molecule has 6 fully saturated rings. The normalized spacial score (nSPS) is 31.3. The van der Waals surface area contributed by atoms with Crippen LogP contribution >= 0.6 is 11.8 Å². The summed E-state index contributed by atoms with van der Waals surface area (Å²) in [5.41, 5.74) is 1.40. The van der Waals surface area contributed by atoms with Crippen LogP contribution < -0.4 is 10.6 Å². The van der Waals surface area contributed by atoms with E-state index < -0.39 is 208 Å². The van der Waals surface area contributed by atoms with Crippen LogP contribution in [-0.2, 0) is 147 Å². The Labute approximate surface area is 605 Å².